The molecule has 0 aromatic heterocycles. The number of benzene rings is 1. The highest BCUT2D eigenvalue weighted by molar-refractivity contribution is 5.77. The number of phenolic OH excluding ortho intramolecular Hbond substituents is 1. The Morgan fingerprint density at radius 2 is 1.94 bits per heavy atom. The predicted octanol–water partition coefficient (Wildman–Crippen LogP) is 2.08. The third-order valence-corrected chi connectivity index (χ3v) is 4.14. The largest absolute Gasteiger partial charge is 0.508 e. The molecule has 0 bridgehead atoms. The summed E-state index contributed by atoms with van der Waals surface area (Å²) in [6, 6.07) is 6.90. The number of nitrogens with two attached hydrogens (primary N) is 1. The van der Waals surface area contributed by atoms with Crippen molar-refractivity contribution in [3.8, 4) is 5.75 Å². The number of rotatable bonds is 4. The Morgan fingerprint density at radius 1 is 1.33 bits per heavy atom. The van der Waals surface area contributed by atoms with Crippen LogP contribution in [0.15, 0.2) is 24.3 Å². The minimum absolute atomic E-state index is 0.139. The van der Waals surface area contributed by atoms with Crippen molar-refractivity contribution in [1.82, 2.24) is 0 Å². The molecule has 0 aliphatic heterocycles. The minimum atomic E-state index is -0.812. The van der Waals surface area contributed by atoms with Gasteiger partial charge >= 0.3 is 5.97 Å². The van der Waals surface area contributed by atoms with E-state index in [0.717, 1.165) is 12.8 Å². The second-order valence-corrected chi connectivity index (χ2v) is 5.02. The molecule has 1 aliphatic carbocycles. The lowest BCUT2D eigenvalue weighted by Crippen LogP contribution is -2.38. The molecule has 1 saturated carbocycles. The lowest BCUT2D eigenvalue weighted by Gasteiger charge is -2.33. The Balaban J connectivity index is 2.44. The van der Waals surface area contributed by atoms with E-state index in [2.05, 4.69) is 0 Å². The van der Waals surface area contributed by atoms with Gasteiger partial charge in [0.15, 0.2) is 0 Å². The molecule has 4 heteroatoms. The molecular formula is C14H19NO3. The Hall–Kier alpha value is -1.55. The number of para-hydroxylation sites is 1. The van der Waals surface area contributed by atoms with E-state index in [-0.39, 0.29) is 18.2 Å². The number of carbonyl (C=O) groups is 1. The molecule has 0 unspecified atom stereocenters. The number of hydrogen-bond acceptors (Lipinski definition) is 3. The van der Waals surface area contributed by atoms with Crippen molar-refractivity contribution >= 4 is 5.97 Å². The molecule has 1 atom stereocenters. The molecule has 4 nitrogen and oxygen atoms in total. The maximum atomic E-state index is 11.7. The highest BCUT2D eigenvalue weighted by Gasteiger charge is 2.48. The van der Waals surface area contributed by atoms with Crippen LogP contribution in [0, 0.1) is 5.41 Å². The van der Waals surface area contributed by atoms with Crippen LogP contribution >= 0.6 is 0 Å². The van der Waals surface area contributed by atoms with Crippen molar-refractivity contribution in [3.05, 3.63) is 29.8 Å². The second kappa shape index (κ2) is 4.98. The number of carboxylic acids is 1. The number of hydrogen-bond donors (Lipinski definition) is 3. The average Bonchev–Trinajstić information content (AvgIpc) is 2.83. The van der Waals surface area contributed by atoms with Crippen molar-refractivity contribution in [3.63, 3.8) is 0 Å². The highest BCUT2D eigenvalue weighted by Crippen LogP contribution is 2.50. The molecule has 1 aliphatic rings. The zero-order valence-corrected chi connectivity index (χ0v) is 10.3. The molecule has 0 heterocycles. The first-order valence-electron chi connectivity index (χ1n) is 6.33. The van der Waals surface area contributed by atoms with Crippen molar-refractivity contribution < 1.29 is 15.0 Å². The van der Waals surface area contributed by atoms with Crippen LogP contribution in [0.4, 0.5) is 0 Å². The summed E-state index contributed by atoms with van der Waals surface area (Å²) in [5.41, 5.74) is 5.65. The molecule has 0 spiro atoms. The zero-order valence-electron chi connectivity index (χ0n) is 10.3. The molecule has 4 N–H and O–H groups in total. The van der Waals surface area contributed by atoms with Gasteiger partial charge in [-0.15, -0.1) is 0 Å². The third-order valence-electron chi connectivity index (χ3n) is 4.14. The van der Waals surface area contributed by atoms with Gasteiger partial charge in [-0.25, -0.2) is 0 Å². The van der Waals surface area contributed by atoms with E-state index >= 15 is 0 Å². The summed E-state index contributed by atoms with van der Waals surface area (Å²) in [6.45, 7) is 0.240. The second-order valence-electron chi connectivity index (χ2n) is 5.02. The van der Waals surface area contributed by atoms with Crippen LogP contribution in [0.3, 0.4) is 0 Å². The maximum Gasteiger partial charge on any atom is 0.310 e. The lowest BCUT2D eigenvalue weighted by atomic mass is 9.70. The number of aromatic hydroxyl groups is 1. The summed E-state index contributed by atoms with van der Waals surface area (Å²) in [5.74, 6) is -0.974. The summed E-state index contributed by atoms with van der Waals surface area (Å²) >= 11 is 0. The molecule has 1 aromatic carbocycles. The number of phenols is 1. The fraction of sp³-hybridized carbons (Fsp3) is 0.500. The quantitative estimate of drug-likeness (QED) is 0.762. The normalized spacial score (nSPS) is 19.6. The van der Waals surface area contributed by atoms with Crippen LogP contribution < -0.4 is 5.73 Å². The van der Waals surface area contributed by atoms with Gasteiger partial charge in [0.1, 0.15) is 5.75 Å². The van der Waals surface area contributed by atoms with Crippen LogP contribution in [0.2, 0.25) is 0 Å². The molecule has 1 fully saturated rings. The standard InChI is InChI=1S/C14H19NO3/c15-9-11(10-5-1-2-6-12(10)16)14(13(17)18)7-3-4-8-14/h1-2,5-6,11,16H,3-4,7-9,15H2,(H,17,18)/t11-/m1/s1. The molecular weight excluding hydrogens is 230 g/mol. The molecule has 2 rings (SSSR count). The summed E-state index contributed by atoms with van der Waals surface area (Å²) in [7, 11) is 0. The maximum absolute atomic E-state index is 11.7. The zero-order chi connectivity index (χ0) is 13.2. The monoisotopic (exact) mass is 249 g/mol. The Bertz CT molecular complexity index is 438. The van der Waals surface area contributed by atoms with Crippen LogP contribution in [0.1, 0.15) is 37.2 Å². The molecule has 18 heavy (non-hydrogen) atoms. The third kappa shape index (κ3) is 1.97. The Labute approximate surface area is 106 Å². The topological polar surface area (TPSA) is 83.5 Å². The fourth-order valence-electron chi connectivity index (χ4n) is 3.15. The van der Waals surface area contributed by atoms with E-state index in [9.17, 15) is 15.0 Å². The highest BCUT2D eigenvalue weighted by atomic mass is 16.4. The van der Waals surface area contributed by atoms with Crippen molar-refractivity contribution in [2.75, 3.05) is 6.54 Å². The van der Waals surface area contributed by atoms with E-state index < -0.39 is 11.4 Å². The van der Waals surface area contributed by atoms with Gasteiger partial charge < -0.3 is 15.9 Å². The summed E-state index contributed by atoms with van der Waals surface area (Å²) in [5, 5.41) is 19.5. The van der Waals surface area contributed by atoms with Crippen molar-refractivity contribution in [1.29, 1.82) is 0 Å². The molecule has 98 valence electrons. The van der Waals surface area contributed by atoms with Gasteiger partial charge in [-0.1, -0.05) is 31.0 Å². The summed E-state index contributed by atoms with van der Waals surface area (Å²) < 4.78 is 0. The van der Waals surface area contributed by atoms with E-state index in [1.807, 2.05) is 6.07 Å². The smallest absolute Gasteiger partial charge is 0.310 e. The van der Waals surface area contributed by atoms with Gasteiger partial charge in [0, 0.05) is 12.5 Å². The van der Waals surface area contributed by atoms with Crippen molar-refractivity contribution in [2.24, 2.45) is 11.1 Å². The summed E-state index contributed by atoms with van der Waals surface area (Å²) in [4.78, 5) is 11.7. The number of aliphatic carboxylic acids is 1. The van der Waals surface area contributed by atoms with Crippen molar-refractivity contribution in [2.45, 2.75) is 31.6 Å². The van der Waals surface area contributed by atoms with Crippen LogP contribution in [-0.2, 0) is 4.79 Å². The van der Waals surface area contributed by atoms with Gasteiger partial charge in [-0.2, -0.15) is 0 Å². The van der Waals surface area contributed by atoms with Gasteiger partial charge in [-0.05, 0) is 24.5 Å². The van der Waals surface area contributed by atoms with Gasteiger partial charge in [-0.3, -0.25) is 4.79 Å². The molecule has 0 radical (unpaired) electrons. The SMILES string of the molecule is NC[C@H](c1ccccc1O)C1(C(=O)O)CCCC1. The Kier molecular flexibility index (Phi) is 3.57. The van der Waals surface area contributed by atoms with Crippen LogP contribution in [0.25, 0.3) is 0 Å². The van der Waals surface area contributed by atoms with Crippen LogP contribution in [-0.4, -0.2) is 22.7 Å². The fourth-order valence-corrected chi connectivity index (χ4v) is 3.15. The van der Waals surface area contributed by atoms with Gasteiger partial charge in [0.2, 0.25) is 0 Å². The number of carboxylic acid groups (broad SMARTS) is 1. The van der Waals surface area contributed by atoms with E-state index in [4.69, 9.17) is 5.73 Å². The predicted molar refractivity (Wildman–Crippen MR) is 68.4 cm³/mol. The Morgan fingerprint density at radius 3 is 2.44 bits per heavy atom. The van der Waals surface area contributed by atoms with Gasteiger partial charge in [0.25, 0.3) is 0 Å². The molecule has 0 amide bonds. The first kappa shape index (κ1) is 12.9. The minimum Gasteiger partial charge on any atom is -0.508 e. The van der Waals surface area contributed by atoms with E-state index in [1.165, 1.54) is 0 Å². The molecule has 1 aromatic rings. The average molecular weight is 249 g/mol. The van der Waals surface area contributed by atoms with E-state index in [0.29, 0.717) is 18.4 Å². The summed E-state index contributed by atoms with van der Waals surface area (Å²) in [6.07, 6.45) is 3.10. The van der Waals surface area contributed by atoms with Gasteiger partial charge in [0.05, 0.1) is 5.41 Å². The van der Waals surface area contributed by atoms with Crippen LogP contribution in [0.5, 0.6) is 5.75 Å². The lowest BCUT2D eigenvalue weighted by molar-refractivity contribution is -0.150. The first-order valence-corrected chi connectivity index (χ1v) is 6.33. The molecule has 0 saturated heterocycles. The first-order chi connectivity index (χ1) is 8.62. The van der Waals surface area contributed by atoms with E-state index in [1.54, 1.807) is 18.2 Å².